The number of ether oxygens (including phenoxy) is 1. The number of hydrogen-bond acceptors (Lipinski definition) is 3. The number of Topliss-reactive ketones (excluding diaryl/α,β-unsaturated/α-hetero) is 1. The Balaban J connectivity index is 2.34. The second-order valence-corrected chi connectivity index (χ2v) is 4.48. The largest absolute Gasteiger partial charge is 0.482 e. The third-order valence-corrected chi connectivity index (χ3v) is 3.46. The van der Waals surface area contributed by atoms with Gasteiger partial charge in [-0.3, -0.25) is 9.59 Å². The Morgan fingerprint density at radius 3 is 3.00 bits per heavy atom. The van der Waals surface area contributed by atoms with E-state index in [4.69, 9.17) is 4.74 Å². The van der Waals surface area contributed by atoms with Gasteiger partial charge >= 0.3 is 0 Å². The van der Waals surface area contributed by atoms with E-state index in [1.54, 1.807) is 18.2 Å². The van der Waals surface area contributed by atoms with Gasteiger partial charge in [-0.2, -0.15) is 0 Å². The Hall–Kier alpha value is -1.36. The molecule has 0 bridgehead atoms. The Kier molecular flexibility index (Phi) is 2.96. The molecule has 0 saturated heterocycles. The fraction of sp³-hybridized carbons (Fsp3) is 0.273. The lowest BCUT2D eigenvalue weighted by Crippen LogP contribution is -2.25. The van der Waals surface area contributed by atoms with Crippen molar-refractivity contribution in [2.24, 2.45) is 0 Å². The van der Waals surface area contributed by atoms with E-state index in [-0.39, 0.29) is 23.1 Å². The van der Waals surface area contributed by atoms with Gasteiger partial charge in [-0.1, -0.05) is 22.0 Å². The first-order valence-corrected chi connectivity index (χ1v) is 5.70. The third kappa shape index (κ3) is 2.09. The molecule has 1 aliphatic heterocycles. The predicted molar refractivity (Wildman–Crippen MR) is 62.9 cm³/mol. The number of hydrogen-bond donors (Lipinski definition) is 1. The summed E-state index contributed by atoms with van der Waals surface area (Å²) in [5.41, 5.74) is 1.41. The minimum atomic E-state index is -0.350. The molecule has 84 valence electrons. The summed E-state index contributed by atoms with van der Waals surface area (Å²) in [6, 6.07) is 5.30. The molecule has 1 aromatic carbocycles. The molecule has 1 heterocycles. The number of alkyl halides is 1. The van der Waals surface area contributed by atoms with Crippen LogP contribution in [-0.4, -0.2) is 18.3 Å². The van der Waals surface area contributed by atoms with Gasteiger partial charge in [0, 0.05) is 0 Å². The van der Waals surface area contributed by atoms with Crippen LogP contribution >= 0.6 is 15.9 Å². The third-order valence-electron chi connectivity index (χ3n) is 2.29. The fourth-order valence-electron chi connectivity index (χ4n) is 1.49. The van der Waals surface area contributed by atoms with Crippen molar-refractivity contribution in [3.05, 3.63) is 23.8 Å². The van der Waals surface area contributed by atoms with E-state index in [1.165, 1.54) is 6.92 Å². The Morgan fingerprint density at radius 1 is 1.56 bits per heavy atom. The van der Waals surface area contributed by atoms with Gasteiger partial charge in [0.2, 0.25) is 0 Å². The Labute approximate surface area is 101 Å². The molecular formula is C11H10BrNO3. The molecule has 0 spiro atoms. The molecule has 1 atom stereocenters. The lowest BCUT2D eigenvalue weighted by molar-refractivity contribution is -0.118. The SMILES string of the molecule is CC(=O)C(Br)c1ccc2c(c1)NC(=O)CO2. The highest BCUT2D eigenvalue weighted by Gasteiger charge is 2.19. The van der Waals surface area contributed by atoms with Crippen LogP contribution in [0.15, 0.2) is 18.2 Å². The molecule has 1 aliphatic rings. The number of anilines is 1. The number of fused-ring (bicyclic) bond motifs is 1. The molecule has 1 amide bonds. The highest BCUT2D eigenvalue weighted by atomic mass is 79.9. The molecule has 16 heavy (non-hydrogen) atoms. The number of halogens is 1. The van der Waals surface area contributed by atoms with Crippen molar-refractivity contribution < 1.29 is 14.3 Å². The predicted octanol–water partition coefficient (Wildman–Crippen LogP) is 2.04. The van der Waals surface area contributed by atoms with Crippen molar-refractivity contribution in [2.45, 2.75) is 11.8 Å². The van der Waals surface area contributed by atoms with E-state index < -0.39 is 0 Å². The summed E-state index contributed by atoms with van der Waals surface area (Å²) in [5, 5.41) is 2.70. The van der Waals surface area contributed by atoms with Crippen LogP contribution in [0, 0.1) is 0 Å². The van der Waals surface area contributed by atoms with Crippen LogP contribution in [0.5, 0.6) is 5.75 Å². The van der Waals surface area contributed by atoms with Gasteiger partial charge in [0.25, 0.3) is 5.91 Å². The molecule has 0 saturated carbocycles. The van der Waals surface area contributed by atoms with Gasteiger partial charge in [0.1, 0.15) is 11.5 Å². The molecule has 5 heteroatoms. The standard InChI is InChI=1S/C11H10BrNO3/c1-6(14)11(12)7-2-3-9-8(4-7)13-10(15)5-16-9/h2-4,11H,5H2,1H3,(H,13,15). The number of rotatable bonds is 2. The highest BCUT2D eigenvalue weighted by Crippen LogP contribution is 2.33. The molecule has 0 fully saturated rings. The summed E-state index contributed by atoms with van der Waals surface area (Å²) < 4.78 is 5.22. The number of nitrogens with one attached hydrogen (secondary N) is 1. The molecule has 2 rings (SSSR count). The molecule has 0 aliphatic carbocycles. The molecule has 1 unspecified atom stereocenters. The lowest BCUT2D eigenvalue weighted by Gasteiger charge is -2.19. The van der Waals surface area contributed by atoms with Crippen LogP contribution in [0.25, 0.3) is 0 Å². The molecule has 1 aromatic rings. The highest BCUT2D eigenvalue weighted by molar-refractivity contribution is 9.09. The van der Waals surface area contributed by atoms with Gasteiger partial charge < -0.3 is 10.1 Å². The second-order valence-electron chi connectivity index (χ2n) is 3.57. The maximum absolute atomic E-state index is 11.2. The maximum Gasteiger partial charge on any atom is 0.262 e. The molecule has 4 nitrogen and oxygen atoms in total. The lowest BCUT2D eigenvalue weighted by atomic mass is 10.1. The zero-order chi connectivity index (χ0) is 11.7. The molecular weight excluding hydrogens is 274 g/mol. The van der Waals surface area contributed by atoms with Crippen LogP contribution in [0.1, 0.15) is 17.3 Å². The summed E-state index contributed by atoms with van der Waals surface area (Å²) in [5.74, 6) is 0.466. The first-order valence-electron chi connectivity index (χ1n) is 4.79. The summed E-state index contributed by atoms with van der Waals surface area (Å²) in [6.45, 7) is 1.55. The monoisotopic (exact) mass is 283 g/mol. The maximum atomic E-state index is 11.2. The van der Waals surface area contributed by atoms with Crippen molar-refractivity contribution in [2.75, 3.05) is 11.9 Å². The van der Waals surface area contributed by atoms with Crippen molar-refractivity contribution in [3.8, 4) is 5.75 Å². The first-order chi connectivity index (χ1) is 7.58. The zero-order valence-electron chi connectivity index (χ0n) is 8.62. The summed E-state index contributed by atoms with van der Waals surface area (Å²) in [4.78, 5) is 22.0. The average Bonchev–Trinajstić information content (AvgIpc) is 2.26. The second kappa shape index (κ2) is 4.25. The minimum Gasteiger partial charge on any atom is -0.482 e. The molecule has 0 radical (unpaired) electrons. The van der Waals surface area contributed by atoms with Gasteiger partial charge in [0.05, 0.1) is 10.5 Å². The smallest absolute Gasteiger partial charge is 0.262 e. The minimum absolute atomic E-state index is 0.0167. The van der Waals surface area contributed by atoms with E-state index in [2.05, 4.69) is 21.2 Å². The van der Waals surface area contributed by atoms with E-state index >= 15 is 0 Å². The van der Waals surface area contributed by atoms with Crippen molar-refractivity contribution in [1.82, 2.24) is 0 Å². The fourth-order valence-corrected chi connectivity index (χ4v) is 1.78. The van der Waals surface area contributed by atoms with Crippen molar-refractivity contribution >= 4 is 33.3 Å². The number of amides is 1. The average molecular weight is 284 g/mol. The van der Waals surface area contributed by atoms with E-state index in [0.717, 1.165) is 5.56 Å². The Morgan fingerprint density at radius 2 is 2.31 bits per heavy atom. The van der Waals surface area contributed by atoms with Gasteiger partial charge in [-0.25, -0.2) is 0 Å². The van der Waals surface area contributed by atoms with E-state index in [9.17, 15) is 9.59 Å². The topological polar surface area (TPSA) is 55.4 Å². The molecule has 1 N–H and O–H groups in total. The Bertz CT molecular complexity index is 459. The van der Waals surface area contributed by atoms with E-state index in [0.29, 0.717) is 11.4 Å². The number of benzene rings is 1. The van der Waals surface area contributed by atoms with Gasteiger partial charge in [-0.15, -0.1) is 0 Å². The quantitative estimate of drug-likeness (QED) is 0.845. The van der Waals surface area contributed by atoms with E-state index in [1.807, 2.05) is 0 Å². The van der Waals surface area contributed by atoms with Crippen molar-refractivity contribution in [1.29, 1.82) is 0 Å². The number of ketones is 1. The number of carbonyl (C=O) groups excluding carboxylic acids is 2. The summed E-state index contributed by atoms with van der Waals surface area (Å²) >= 11 is 3.29. The van der Waals surface area contributed by atoms with Crippen LogP contribution in [-0.2, 0) is 9.59 Å². The van der Waals surface area contributed by atoms with Crippen molar-refractivity contribution in [3.63, 3.8) is 0 Å². The summed E-state index contributed by atoms with van der Waals surface area (Å²) in [6.07, 6.45) is 0. The van der Waals surface area contributed by atoms with Crippen LogP contribution in [0.3, 0.4) is 0 Å². The van der Waals surface area contributed by atoms with Crippen LogP contribution < -0.4 is 10.1 Å². The van der Waals surface area contributed by atoms with Gasteiger partial charge in [-0.05, 0) is 24.6 Å². The molecule has 0 aromatic heterocycles. The van der Waals surface area contributed by atoms with Gasteiger partial charge in [0.15, 0.2) is 6.61 Å². The normalized spacial score (nSPS) is 15.8. The van der Waals surface area contributed by atoms with Crippen LogP contribution in [0.4, 0.5) is 5.69 Å². The first kappa shape index (κ1) is 11.1. The zero-order valence-corrected chi connectivity index (χ0v) is 10.2. The van der Waals surface area contributed by atoms with Crippen LogP contribution in [0.2, 0.25) is 0 Å². The summed E-state index contributed by atoms with van der Waals surface area (Å²) in [7, 11) is 0. The number of carbonyl (C=O) groups is 2.